The van der Waals surface area contributed by atoms with Crippen LogP contribution in [0.4, 0.5) is 0 Å². The van der Waals surface area contributed by atoms with Crippen molar-refractivity contribution in [2.75, 3.05) is 7.05 Å². The van der Waals surface area contributed by atoms with E-state index in [4.69, 9.17) is 5.73 Å². The molecule has 0 aliphatic carbocycles. The summed E-state index contributed by atoms with van der Waals surface area (Å²) in [5, 5.41) is 2.53. The third-order valence-electron chi connectivity index (χ3n) is 1.98. The monoisotopic (exact) mass is 256 g/mol. The van der Waals surface area contributed by atoms with E-state index in [0.29, 0.717) is 6.42 Å². The van der Waals surface area contributed by atoms with Crippen molar-refractivity contribution in [1.82, 2.24) is 5.32 Å². The van der Waals surface area contributed by atoms with Crippen LogP contribution < -0.4 is 11.1 Å². The quantitative estimate of drug-likeness (QED) is 0.850. The van der Waals surface area contributed by atoms with Crippen LogP contribution >= 0.6 is 15.9 Å². The van der Waals surface area contributed by atoms with Crippen molar-refractivity contribution in [3.8, 4) is 0 Å². The summed E-state index contributed by atoms with van der Waals surface area (Å²) in [5.41, 5.74) is 6.74. The summed E-state index contributed by atoms with van der Waals surface area (Å²) >= 11 is 3.41. The summed E-state index contributed by atoms with van der Waals surface area (Å²) in [5.74, 6) is -0.138. The molecule has 0 saturated heterocycles. The molecule has 0 bridgehead atoms. The maximum Gasteiger partial charge on any atom is 0.237 e. The number of nitrogens with one attached hydrogen (secondary N) is 1. The minimum Gasteiger partial charge on any atom is -0.358 e. The molecule has 1 unspecified atom stereocenters. The van der Waals surface area contributed by atoms with Crippen LogP contribution in [0, 0.1) is 0 Å². The zero-order chi connectivity index (χ0) is 10.6. The number of hydrogen-bond acceptors (Lipinski definition) is 2. The number of likely N-dealkylation sites (N-methyl/N-ethyl adjacent to an activating group) is 1. The second-order valence-electron chi connectivity index (χ2n) is 3.02. The Morgan fingerprint density at radius 2 is 2.21 bits per heavy atom. The molecule has 0 aliphatic rings. The molecule has 3 N–H and O–H groups in total. The molecule has 1 rings (SSSR count). The first-order chi connectivity index (χ1) is 6.65. The number of carbonyl (C=O) groups is 1. The van der Waals surface area contributed by atoms with Crippen molar-refractivity contribution in [3.05, 3.63) is 34.3 Å². The van der Waals surface area contributed by atoms with Gasteiger partial charge in [0.15, 0.2) is 0 Å². The summed E-state index contributed by atoms with van der Waals surface area (Å²) in [4.78, 5) is 11.2. The number of hydrogen-bond donors (Lipinski definition) is 2. The van der Waals surface area contributed by atoms with Gasteiger partial charge < -0.3 is 11.1 Å². The lowest BCUT2D eigenvalue weighted by Gasteiger charge is -2.10. The van der Waals surface area contributed by atoms with Crippen LogP contribution in [0.5, 0.6) is 0 Å². The Labute approximate surface area is 91.8 Å². The summed E-state index contributed by atoms with van der Waals surface area (Å²) < 4.78 is 0.986. The average molecular weight is 257 g/mol. The highest BCUT2D eigenvalue weighted by Crippen LogP contribution is 2.16. The van der Waals surface area contributed by atoms with Gasteiger partial charge in [-0.15, -0.1) is 0 Å². The highest BCUT2D eigenvalue weighted by Gasteiger charge is 2.13. The third kappa shape index (κ3) is 2.82. The van der Waals surface area contributed by atoms with Crippen molar-refractivity contribution in [2.24, 2.45) is 5.73 Å². The Bertz CT molecular complexity index is 328. The van der Waals surface area contributed by atoms with Crippen molar-refractivity contribution in [3.63, 3.8) is 0 Å². The molecule has 1 aromatic carbocycles. The zero-order valence-corrected chi connectivity index (χ0v) is 9.54. The topological polar surface area (TPSA) is 55.1 Å². The van der Waals surface area contributed by atoms with Gasteiger partial charge in [-0.2, -0.15) is 0 Å². The molecule has 0 spiro atoms. The van der Waals surface area contributed by atoms with Crippen LogP contribution in [0.2, 0.25) is 0 Å². The van der Waals surface area contributed by atoms with Gasteiger partial charge in [0.05, 0.1) is 6.04 Å². The molecule has 4 heteroatoms. The fraction of sp³-hybridized carbons (Fsp3) is 0.300. The Hall–Kier alpha value is -0.870. The molecule has 0 heterocycles. The van der Waals surface area contributed by atoms with E-state index in [1.54, 1.807) is 7.05 Å². The first-order valence-corrected chi connectivity index (χ1v) is 5.15. The fourth-order valence-corrected chi connectivity index (χ4v) is 1.63. The van der Waals surface area contributed by atoms with Crippen LogP contribution in [-0.2, 0) is 11.2 Å². The Kier molecular flexibility index (Phi) is 4.10. The lowest BCUT2D eigenvalue weighted by Crippen LogP contribution is -2.40. The number of halogens is 1. The largest absolute Gasteiger partial charge is 0.358 e. The van der Waals surface area contributed by atoms with Gasteiger partial charge in [0.25, 0.3) is 0 Å². The molecule has 0 aliphatic heterocycles. The lowest BCUT2D eigenvalue weighted by molar-refractivity contribution is -0.121. The molecule has 0 radical (unpaired) electrons. The normalized spacial score (nSPS) is 12.2. The van der Waals surface area contributed by atoms with Gasteiger partial charge >= 0.3 is 0 Å². The molecule has 0 aromatic heterocycles. The summed E-state index contributed by atoms with van der Waals surface area (Å²) in [6, 6.07) is 7.26. The van der Waals surface area contributed by atoms with Crippen molar-refractivity contribution in [2.45, 2.75) is 12.5 Å². The van der Waals surface area contributed by atoms with Crippen molar-refractivity contribution in [1.29, 1.82) is 0 Å². The number of carbonyl (C=O) groups excluding carboxylic acids is 1. The van der Waals surface area contributed by atoms with Gasteiger partial charge in [-0.05, 0) is 18.1 Å². The smallest absolute Gasteiger partial charge is 0.237 e. The van der Waals surface area contributed by atoms with E-state index >= 15 is 0 Å². The second kappa shape index (κ2) is 5.12. The van der Waals surface area contributed by atoms with Crippen LogP contribution in [-0.4, -0.2) is 19.0 Å². The van der Waals surface area contributed by atoms with E-state index in [1.807, 2.05) is 24.3 Å². The molecule has 0 fully saturated rings. The summed E-state index contributed by atoms with van der Waals surface area (Å²) in [6.45, 7) is 0. The van der Waals surface area contributed by atoms with E-state index in [2.05, 4.69) is 21.2 Å². The van der Waals surface area contributed by atoms with Gasteiger partial charge in [-0.3, -0.25) is 4.79 Å². The lowest BCUT2D eigenvalue weighted by atomic mass is 10.1. The van der Waals surface area contributed by atoms with Crippen molar-refractivity contribution < 1.29 is 4.79 Å². The maximum atomic E-state index is 11.2. The van der Waals surface area contributed by atoms with Crippen molar-refractivity contribution >= 4 is 21.8 Å². The third-order valence-corrected chi connectivity index (χ3v) is 2.75. The average Bonchev–Trinajstić information content (AvgIpc) is 2.20. The number of amides is 1. The van der Waals surface area contributed by atoms with Gasteiger partial charge in [-0.1, -0.05) is 34.1 Å². The molecule has 76 valence electrons. The van der Waals surface area contributed by atoms with Crippen LogP contribution in [0.1, 0.15) is 5.56 Å². The molecule has 3 nitrogen and oxygen atoms in total. The first-order valence-electron chi connectivity index (χ1n) is 4.35. The zero-order valence-electron chi connectivity index (χ0n) is 7.96. The van der Waals surface area contributed by atoms with E-state index < -0.39 is 6.04 Å². The van der Waals surface area contributed by atoms with Gasteiger partial charge in [0.2, 0.25) is 5.91 Å². The minimum atomic E-state index is -0.487. The molecule has 1 aromatic rings. The molecule has 0 saturated carbocycles. The van der Waals surface area contributed by atoms with Gasteiger partial charge in [-0.25, -0.2) is 0 Å². The predicted octanol–water partition coefficient (Wildman–Crippen LogP) is 1.06. The summed E-state index contributed by atoms with van der Waals surface area (Å²) in [6.07, 6.45) is 0.543. The molecular formula is C10H13BrN2O. The Morgan fingerprint density at radius 3 is 2.79 bits per heavy atom. The second-order valence-corrected chi connectivity index (χ2v) is 3.87. The number of nitrogens with two attached hydrogens (primary N) is 1. The molecule has 14 heavy (non-hydrogen) atoms. The maximum absolute atomic E-state index is 11.2. The highest BCUT2D eigenvalue weighted by molar-refractivity contribution is 9.10. The minimum absolute atomic E-state index is 0.138. The number of rotatable bonds is 3. The SMILES string of the molecule is CNC(=O)C(N)Cc1ccccc1Br. The number of benzene rings is 1. The van der Waals surface area contributed by atoms with E-state index in [0.717, 1.165) is 10.0 Å². The highest BCUT2D eigenvalue weighted by atomic mass is 79.9. The fourth-order valence-electron chi connectivity index (χ4n) is 1.18. The summed E-state index contributed by atoms with van der Waals surface area (Å²) in [7, 11) is 1.59. The Morgan fingerprint density at radius 1 is 1.57 bits per heavy atom. The first kappa shape index (κ1) is 11.2. The van der Waals surface area contributed by atoms with Crippen LogP contribution in [0.15, 0.2) is 28.7 Å². The molecule has 1 amide bonds. The van der Waals surface area contributed by atoms with Crippen LogP contribution in [0.3, 0.4) is 0 Å². The van der Waals surface area contributed by atoms with Crippen LogP contribution in [0.25, 0.3) is 0 Å². The molecule has 1 atom stereocenters. The van der Waals surface area contributed by atoms with E-state index in [1.165, 1.54) is 0 Å². The van der Waals surface area contributed by atoms with Gasteiger partial charge in [0.1, 0.15) is 0 Å². The standard InChI is InChI=1S/C10H13BrN2O/c1-13-10(14)9(12)6-7-4-2-3-5-8(7)11/h2-5,9H,6,12H2,1H3,(H,13,14). The van der Waals surface area contributed by atoms with E-state index in [9.17, 15) is 4.79 Å². The molecular weight excluding hydrogens is 244 g/mol. The Balaban J connectivity index is 2.69. The van der Waals surface area contributed by atoms with Gasteiger partial charge in [0, 0.05) is 11.5 Å². The predicted molar refractivity (Wildman–Crippen MR) is 59.9 cm³/mol. The van der Waals surface area contributed by atoms with E-state index in [-0.39, 0.29) is 5.91 Å².